The Morgan fingerprint density at radius 1 is 1.11 bits per heavy atom. The second kappa shape index (κ2) is 4.03. The van der Waals surface area contributed by atoms with Crippen molar-refractivity contribution in [3.8, 4) is 16.9 Å². The quantitative estimate of drug-likeness (QED) is 0.719. The number of halogens is 1. The number of hydrogen-bond acceptors (Lipinski definition) is 1. The molecule has 1 nitrogen and oxygen atoms in total. The first-order valence-electron chi connectivity index (χ1n) is 6.12. The van der Waals surface area contributed by atoms with Crippen LogP contribution in [-0.2, 0) is 6.42 Å². The van der Waals surface area contributed by atoms with Crippen LogP contribution < -0.4 is 4.74 Å². The van der Waals surface area contributed by atoms with Gasteiger partial charge in [0.05, 0.1) is 0 Å². The molecule has 2 heteroatoms. The largest absolute Gasteiger partial charge is 0.487 e. The summed E-state index contributed by atoms with van der Waals surface area (Å²) >= 11 is 6.22. The number of rotatable bonds is 1. The van der Waals surface area contributed by atoms with E-state index in [1.165, 1.54) is 5.56 Å². The number of fused-ring (bicyclic) bond motifs is 1. The van der Waals surface area contributed by atoms with Crippen molar-refractivity contribution >= 4 is 11.6 Å². The van der Waals surface area contributed by atoms with Gasteiger partial charge in [-0.15, -0.1) is 0 Å². The minimum absolute atomic E-state index is 0.142. The van der Waals surface area contributed by atoms with Crippen molar-refractivity contribution in [3.05, 3.63) is 53.1 Å². The van der Waals surface area contributed by atoms with Crippen molar-refractivity contribution in [1.82, 2.24) is 0 Å². The summed E-state index contributed by atoms with van der Waals surface area (Å²) in [7, 11) is 0. The topological polar surface area (TPSA) is 9.23 Å². The van der Waals surface area contributed by atoms with Crippen LogP contribution in [0.5, 0.6) is 5.75 Å². The first-order valence-corrected chi connectivity index (χ1v) is 6.50. The first kappa shape index (κ1) is 11.6. The molecule has 1 aliphatic rings. The van der Waals surface area contributed by atoms with Crippen LogP contribution in [0.2, 0.25) is 5.02 Å². The maximum Gasteiger partial charge on any atom is 0.131 e. The highest BCUT2D eigenvalue weighted by Crippen LogP contribution is 2.43. The predicted octanol–water partition coefficient (Wildman–Crippen LogP) is 4.72. The third kappa shape index (κ3) is 1.99. The molecular formula is C16H15ClO. The Balaban J connectivity index is 2.18. The fourth-order valence-electron chi connectivity index (χ4n) is 2.51. The van der Waals surface area contributed by atoms with E-state index in [4.69, 9.17) is 16.3 Å². The van der Waals surface area contributed by atoms with E-state index in [1.807, 2.05) is 30.3 Å². The summed E-state index contributed by atoms with van der Waals surface area (Å²) in [6, 6.07) is 14.2. The normalized spacial score (nSPS) is 16.2. The number of ether oxygens (including phenoxy) is 1. The van der Waals surface area contributed by atoms with Crippen LogP contribution in [0, 0.1) is 0 Å². The lowest BCUT2D eigenvalue weighted by atomic mass is 9.98. The maximum atomic E-state index is 6.22. The van der Waals surface area contributed by atoms with E-state index in [0.717, 1.165) is 28.3 Å². The van der Waals surface area contributed by atoms with E-state index in [0.29, 0.717) is 0 Å². The van der Waals surface area contributed by atoms with Crippen LogP contribution in [0.3, 0.4) is 0 Å². The Hall–Kier alpha value is -1.47. The average Bonchev–Trinajstić information content (AvgIpc) is 2.63. The van der Waals surface area contributed by atoms with Gasteiger partial charge >= 0.3 is 0 Å². The predicted molar refractivity (Wildman–Crippen MR) is 75.3 cm³/mol. The van der Waals surface area contributed by atoms with Crippen LogP contribution in [0.15, 0.2) is 42.5 Å². The zero-order chi connectivity index (χ0) is 12.8. The molecule has 0 saturated heterocycles. The van der Waals surface area contributed by atoms with Crippen molar-refractivity contribution in [3.63, 3.8) is 0 Å². The lowest BCUT2D eigenvalue weighted by molar-refractivity contribution is 0.139. The van der Waals surface area contributed by atoms with Gasteiger partial charge in [0.25, 0.3) is 0 Å². The van der Waals surface area contributed by atoms with Gasteiger partial charge in [0, 0.05) is 22.6 Å². The van der Waals surface area contributed by atoms with E-state index in [-0.39, 0.29) is 5.60 Å². The van der Waals surface area contributed by atoms with Crippen molar-refractivity contribution in [2.45, 2.75) is 25.9 Å². The van der Waals surface area contributed by atoms with Gasteiger partial charge < -0.3 is 4.74 Å². The molecule has 0 saturated carbocycles. The molecule has 0 fully saturated rings. The molecule has 0 aliphatic carbocycles. The molecular weight excluding hydrogens is 244 g/mol. The molecule has 18 heavy (non-hydrogen) atoms. The average molecular weight is 259 g/mol. The summed E-state index contributed by atoms with van der Waals surface area (Å²) in [6.45, 7) is 4.21. The summed E-state index contributed by atoms with van der Waals surface area (Å²) < 4.78 is 6.08. The second-order valence-corrected chi connectivity index (χ2v) is 5.78. The Morgan fingerprint density at radius 2 is 1.83 bits per heavy atom. The molecule has 0 N–H and O–H groups in total. The van der Waals surface area contributed by atoms with Crippen molar-refractivity contribution in [2.24, 2.45) is 0 Å². The Labute approximate surface area is 112 Å². The van der Waals surface area contributed by atoms with Gasteiger partial charge in [0.15, 0.2) is 0 Å². The minimum Gasteiger partial charge on any atom is -0.487 e. The van der Waals surface area contributed by atoms with Gasteiger partial charge in [-0.05, 0) is 31.5 Å². The molecule has 0 aromatic heterocycles. The van der Waals surface area contributed by atoms with Crippen molar-refractivity contribution < 1.29 is 4.74 Å². The maximum absolute atomic E-state index is 6.22. The summed E-state index contributed by atoms with van der Waals surface area (Å²) in [5, 5.41) is 0.772. The van der Waals surface area contributed by atoms with Gasteiger partial charge in [-0.25, -0.2) is 0 Å². The Bertz CT molecular complexity index is 588. The zero-order valence-electron chi connectivity index (χ0n) is 10.5. The standard InChI is InChI=1S/C16H15ClO/c1-16(2)10-12-8-13(17)9-14(15(12)18-16)11-6-4-3-5-7-11/h3-9H,10H2,1-2H3. The van der Waals surface area contributed by atoms with E-state index in [2.05, 4.69) is 26.0 Å². The number of benzene rings is 2. The molecule has 0 amide bonds. The molecule has 0 unspecified atom stereocenters. The Kier molecular flexibility index (Phi) is 2.60. The summed E-state index contributed by atoms with van der Waals surface area (Å²) in [6.07, 6.45) is 0.905. The van der Waals surface area contributed by atoms with E-state index >= 15 is 0 Å². The monoisotopic (exact) mass is 258 g/mol. The van der Waals surface area contributed by atoms with E-state index in [9.17, 15) is 0 Å². The highest BCUT2D eigenvalue weighted by atomic mass is 35.5. The molecule has 1 aliphatic heterocycles. The first-order chi connectivity index (χ1) is 8.55. The van der Waals surface area contributed by atoms with Gasteiger partial charge in [-0.1, -0.05) is 41.9 Å². The smallest absolute Gasteiger partial charge is 0.131 e. The lowest BCUT2D eigenvalue weighted by Crippen LogP contribution is -2.24. The summed E-state index contributed by atoms with van der Waals surface area (Å²) in [4.78, 5) is 0. The van der Waals surface area contributed by atoms with Crippen molar-refractivity contribution in [1.29, 1.82) is 0 Å². The molecule has 0 bridgehead atoms. The molecule has 2 aromatic rings. The van der Waals surface area contributed by atoms with Crippen LogP contribution in [0.1, 0.15) is 19.4 Å². The molecule has 3 rings (SSSR count). The summed E-state index contributed by atoms with van der Waals surface area (Å²) in [5.74, 6) is 0.982. The summed E-state index contributed by atoms with van der Waals surface area (Å²) in [5.41, 5.74) is 3.29. The molecule has 2 aromatic carbocycles. The van der Waals surface area contributed by atoms with Gasteiger partial charge in [-0.2, -0.15) is 0 Å². The third-order valence-electron chi connectivity index (χ3n) is 3.21. The van der Waals surface area contributed by atoms with Crippen molar-refractivity contribution in [2.75, 3.05) is 0 Å². The fraction of sp³-hybridized carbons (Fsp3) is 0.250. The van der Waals surface area contributed by atoms with Crippen LogP contribution in [0.4, 0.5) is 0 Å². The third-order valence-corrected chi connectivity index (χ3v) is 3.43. The van der Waals surface area contributed by atoms with Crippen LogP contribution in [0.25, 0.3) is 11.1 Å². The van der Waals surface area contributed by atoms with E-state index in [1.54, 1.807) is 0 Å². The molecule has 92 valence electrons. The fourth-order valence-corrected chi connectivity index (χ4v) is 2.75. The molecule has 1 heterocycles. The van der Waals surface area contributed by atoms with Gasteiger partial charge in [-0.3, -0.25) is 0 Å². The van der Waals surface area contributed by atoms with E-state index < -0.39 is 0 Å². The number of hydrogen-bond donors (Lipinski definition) is 0. The molecule has 0 spiro atoms. The molecule has 0 radical (unpaired) electrons. The lowest BCUT2D eigenvalue weighted by Gasteiger charge is -2.18. The van der Waals surface area contributed by atoms with Crippen LogP contribution >= 0.6 is 11.6 Å². The molecule has 0 atom stereocenters. The zero-order valence-corrected chi connectivity index (χ0v) is 11.3. The highest BCUT2D eigenvalue weighted by molar-refractivity contribution is 6.31. The Morgan fingerprint density at radius 3 is 2.56 bits per heavy atom. The highest BCUT2D eigenvalue weighted by Gasteiger charge is 2.32. The van der Waals surface area contributed by atoms with Crippen LogP contribution in [-0.4, -0.2) is 5.60 Å². The van der Waals surface area contributed by atoms with Gasteiger partial charge in [0.2, 0.25) is 0 Å². The van der Waals surface area contributed by atoms with Gasteiger partial charge in [0.1, 0.15) is 11.4 Å². The SMILES string of the molecule is CC1(C)Cc2cc(Cl)cc(-c3ccccc3)c2O1. The second-order valence-electron chi connectivity index (χ2n) is 5.35. The minimum atomic E-state index is -0.142.